The van der Waals surface area contributed by atoms with Gasteiger partial charge in [-0.15, -0.1) is 0 Å². The maximum atomic E-state index is 11.9. The molecule has 6 nitrogen and oxygen atoms in total. The van der Waals surface area contributed by atoms with E-state index in [0.29, 0.717) is 16.5 Å². The Bertz CT molecular complexity index is 939. The van der Waals surface area contributed by atoms with Gasteiger partial charge in [0.1, 0.15) is 11.5 Å². The third-order valence-corrected chi connectivity index (χ3v) is 4.22. The summed E-state index contributed by atoms with van der Waals surface area (Å²) in [4.78, 5) is 23.7. The summed E-state index contributed by atoms with van der Waals surface area (Å²) in [5, 5.41) is 4.90. The molecule has 0 aliphatic rings. The maximum Gasteiger partial charge on any atom is 0.344 e. The Labute approximate surface area is 161 Å². The Balaban J connectivity index is 1.49. The monoisotopic (exact) mass is 387 g/mol. The zero-order chi connectivity index (χ0) is 19.2. The van der Waals surface area contributed by atoms with E-state index in [0.717, 1.165) is 10.8 Å². The van der Waals surface area contributed by atoms with Gasteiger partial charge in [-0.3, -0.25) is 4.79 Å². The lowest BCUT2D eigenvalue weighted by atomic mass is 10.1. The van der Waals surface area contributed by atoms with Crippen molar-refractivity contribution in [1.29, 1.82) is 0 Å². The van der Waals surface area contributed by atoms with Crippen molar-refractivity contribution >= 4 is 34.2 Å². The van der Waals surface area contributed by atoms with Crippen LogP contribution in [0, 0.1) is 0 Å². The van der Waals surface area contributed by atoms with Gasteiger partial charge in [-0.2, -0.15) is 0 Å². The first kappa shape index (κ1) is 18.8. The van der Waals surface area contributed by atoms with Crippen LogP contribution < -0.4 is 10.1 Å². The van der Waals surface area contributed by atoms with Crippen molar-refractivity contribution in [1.82, 2.24) is 5.32 Å². The number of carbonyl (C=O) groups excluding carboxylic acids is 2. The van der Waals surface area contributed by atoms with E-state index in [2.05, 4.69) is 5.32 Å². The lowest BCUT2D eigenvalue weighted by Crippen LogP contribution is -2.31. The number of nitrogens with one attached hydrogen (secondary N) is 1. The molecule has 1 heterocycles. The molecule has 7 heteroatoms. The molecule has 1 N–H and O–H groups in total. The molecule has 0 saturated carbocycles. The van der Waals surface area contributed by atoms with Gasteiger partial charge in [-0.25, -0.2) is 4.79 Å². The molecule has 0 fully saturated rings. The summed E-state index contributed by atoms with van der Waals surface area (Å²) in [7, 11) is 0. The molecule has 1 atom stereocenters. The molecule has 0 bridgehead atoms. The average molecular weight is 388 g/mol. The molecule has 27 heavy (non-hydrogen) atoms. The lowest BCUT2D eigenvalue weighted by molar-refractivity contribution is -0.150. The first-order valence-electron chi connectivity index (χ1n) is 8.33. The highest BCUT2D eigenvalue weighted by atomic mass is 35.5. The van der Waals surface area contributed by atoms with Crippen LogP contribution in [-0.2, 0) is 14.3 Å². The molecule has 0 saturated heterocycles. The summed E-state index contributed by atoms with van der Waals surface area (Å²) in [5.41, 5.74) is 0. The van der Waals surface area contributed by atoms with Gasteiger partial charge in [-0.1, -0.05) is 35.9 Å². The standard InChI is InChI=1S/C20H18ClNO5/c1-13(17-7-4-10-25-17)22-19(23)11-27-20(24)12-26-18-9-8-16(21)14-5-2-3-6-15(14)18/h2-10,13H,11-12H2,1H3,(H,22,23)/t13-/m0/s1. The molecule has 0 aliphatic heterocycles. The van der Waals surface area contributed by atoms with Crippen LogP contribution in [0.3, 0.4) is 0 Å². The first-order valence-corrected chi connectivity index (χ1v) is 8.71. The van der Waals surface area contributed by atoms with E-state index in [9.17, 15) is 9.59 Å². The number of amides is 1. The summed E-state index contributed by atoms with van der Waals surface area (Å²) in [6, 6.07) is 14.0. The maximum absolute atomic E-state index is 11.9. The minimum absolute atomic E-state index is 0.313. The third-order valence-electron chi connectivity index (χ3n) is 3.89. The van der Waals surface area contributed by atoms with Gasteiger partial charge in [0.15, 0.2) is 13.2 Å². The molecule has 0 unspecified atom stereocenters. The fourth-order valence-corrected chi connectivity index (χ4v) is 2.80. The quantitative estimate of drug-likeness (QED) is 0.622. The second-order valence-corrected chi connectivity index (χ2v) is 6.25. The number of ether oxygens (including phenoxy) is 2. The molecule has 140 valence electrons. The minimum atomic E-state index is -0.644. The molecule has 1 amide bonds. The zero-order valence-electron chi connectivity index (χ0n) is 14.6. The average Bonchev–Trinajstić information content (AvgIpc) is 3.21. The number of benzene rings is 2. The van der Waals surface area contributed by atoms with Crippen molar-refractivity contribution in [3.05, 3.63) is 65.6 Å². The second-order valence-electron chi connectivity index (χ2n) is 5.85. The summed E-state index contributed by atoms with van der Waals surface area (Å²) >= 11 is 6.16. The smallest absolute Gasteiger partial charge is 0.344 e. The topological polar surface area (TPSA) is 77.8 Å². The Hall–Kier alpha value is -2.99. The molecule has 1 aromatic heterocycles. The SMILES string of the molecule is C[C@H](NC(=O)COC(=O)COc1ccc(Cl)c2ccccc12)c1ccco1. The number of esters is 1. The van der Waals surface area contributed by atoms with E-state index in [-0.39, 0.29) is 12.6 Å². The third kappa shape index (κ3) is 4.80. The summed E-state index contributed by atoms with van der Waals surface area (Å²) in [6.45, 7) is 1.06. The molecule has 0 aliphatic carbocycles. The zero-order valence-corrected chi connectivity index (χ0v) is 15.4. The highest BCUT2D eigenvalue weighted by Crippen LogP contribution is 2.31. The van der Waals surface area contributed by atoms with Crippen LogP contribution in [0.15, 0.2) is 59.2 Å². The number of fused-ring (bicyclic) bond motifs is 1. The molecule has 3 rings (SSSR count). The number of furan rings is 1. The van der Waals surface area contributed by atoms with Gasteiger partial charge >= 0.3 is 5.97 Å². The van der Waals surface area contributed by atoms with Crippen molar-refractivity contribution in [2.24, 2.45) is 0 Å². The molecular weight excluding hydrogens is 370 g/mol. The molecule has 3 aromatic rings. The predicted octanol–water partition coefficient (Wildman–Crippen LogP) is 3.89. The van der Waals surface area contributed by atoms with E-state index < -0.39 is 18.5 Å². The molecule has 0 radical (unpaired) electrons. The highest BCUT2D eigenvalue weighted by Gasteiger charge is 2.14. The van der Waals surface area contributed by atoms with Crippen LogP contribution in [-0.4, -0.2) is 25.1 Å². The van der Waals surface area contributed by atoms with E-state index in [1.807, 2.05) is 24.3 Å². The number of rotatable bonds is 7. The highest BCUT2D eigenvalue weighted by molar-refractivity contribution is 6.35. The fraction of sp³-hybridized carbons (Fsp3) is 0.200. The van der Waals surface area contributed by atoms with Crippen molar-refractivity contribution in [2.75, 3.05) is 13.2 Å². The van der Waals surface area contributed by atoms with Crippen LogP contribution in [0.4, 0.5) is 0 Å². The van der Waals surface area contributed by atoms with Gasteiger partial charge in [0.25, 0.3) is 5.91 Å². The minimum Gasteiger partial charge on any atom is -0.481 e. The first-order chi connectivity index (χ1) is 13.0. The van der Waals surface area contributed by atoms with Crippen LogP contribution >= 0.6 is 11.6 Å². The second kappa shape index (κ2) is 8.60. The lowest BCUT2D eigenvalue weighted by Gasteiger charge is -2.12. The molecular formula is C20H18ClNO5. The largest absolute Gasteiger partial charge is 0.481 e. The van der Waals surface area contributed by atoms with E-state index in [1.165, 1.54) is 6.26 Å². The number of halogens is 1. The number of carbonyl (C=O) groups is 2. The summed E-state index contributed by atoms with van der Waals surface area (Å²) in [6.07, 6.45) is 1.52. The van der Waals surface area contributed by atoms with Gasteiger partial charge < -0.3 is 19.2 Å². The fourth-order valence-electron chi connectivity index (χ4n) is 2.58. The van der Waals surface area contributed by atoms with E-state index in [1.54, 1.807) is 31.2 Å². The molecule has 0 spiro atoms. The van der Waals surface area contributed by atoms with Gasteiger partial charge in [0, 0.05) is 15.8 Å². The number of hydrogen-bond acceptors (Lipinski definition) is 5. The van der Waals surface area contributed by atoms with Crippen molar-refractivity contribution in [2.45, 2.75) is 13.0 Å². The Morgan fingerprint density at radius 1 is 1.07 bits per heavy atom. The summed E-state index contributed by atoms with van der Waals surface area (Å²) < 4.78 is 15.7. The van der Waals surface area contributed by atoms with Gasteiger partial charge in [0.05, 0.1) is 12.3 Å². The van der Waals surface area contributed by atoms with Crippen molar-refractivity contribution < 1.29 is 23.5 Å². The van der Waals surface area contributed by atoms with E-state index >= 15 is 0 Å². The normalized spacial score (nSPS) is 11.8. The van der Waals surface area contributed by atoms with Crippen LogP contribution in [0.5, 0.6) is 5.75 Å². The molecule has 2 aromatic carbocycles. The van der Waals surface area contributed by atoms with Crippen molar-refractivity contribution in [3.63, 3.8) is 0 Å². The van der Waals surface area contributed by atoms with Gasteiger partial charge in [0.2, 0.25) is 0 Å². The Morgan fingerprint density at radius 3 is 2.59 bits per heavy atom. The predicted molar refractivity (Wildman–Crippen MR) is 101 cm³/mol. The number of hydrogen-bond donors (Lipinski definition) is 1. The summed E-state index contributed by atoms with van der Waals surface area (Å²) in [5.74, 6) is 0.0643. The van der Waals surface area contributed by atoms with E-state index in [4.69, 9.17) is 25.5 Å². The Kier molecular flexibility index (Phi) is 5.98. The van der Waals surface area contributed by atoms with Crippen molar-refractivity contribution in [3.8, 4) is 5.75 Å². The van der Waals surface area contributed by atoms with Crippen LogP contribution in [0.2, 0.25) is 5.02 Å². The Morgan fingerprint density at radius 2 is 1.85 bits per heavy atom. The van der Waals surface area contributed by atoms with Crippen LogP contribution in [0.1, 0.15) is 18.7 Å². The van der Waals surface area contributed by atoms with Crippen LogP contribution in [0.25, 0.3) is 10.8 Å². The van der Waals surface area contributed by atoms with Gasteiger partial charge in [-0.05, 0) is 31.2 Å².